The Morgan fingerprint density at radius 2 is 1.46 bits per heavy atom. The van der Waals surface area contributed by atoms with Crippen LogP contribution in [0.15, 0.2) is 24.3 Å². The van der Waals surface area contributed by atoms with E-state index in [1.807, 2.05) is 59.7 Å². The van der Waals surface area contributed by atoms with E-state index in [2.05, 4.69) is 19.9 Å². The zero-order valence-corrected chi connectivity index (χ0v) is 18.7. The van der Waals surface area contributed by atoms with E-state index in [0.29, 0.717) is 0 Å². The first-order valence-electron chi connectivity index (χ1n) is 9.46. The fraction of sp³-hybridized carbons (Fsp3) is 0.435. The van der Waals surface area contributed by atoms with Gasteiger partial charge in [0.2, 0.25) is 0 Å². The molecule has 2 aromatic carbocycles. The normalized spacial score (nSPS) is 11.2. The molecule has 0 heterocycles. The van der Waals surface area contributed by atoms with Crippen LogP contribution in [-0.2, 0) is 0 Å². The first-order valence-corrected chi connectivity index (χ1v) is 10.5. The Kier molecular flexibility index (Phi) is 9.29. The quantitative estimate of drug-likeness (QED) is 0.490. The number of carbonyl (C=O) groups is 1. The summed E-state index contributed by atoms with van der Waals surface area (Å²) in [5.41, 5.74) is 5.53. The molecule has 0 aromatic heterocycles. The van der Waals surface area contributed by atoms with Gasteiger partial charge in [-0.1, -0.05) is 6.07 Å². The Morgan fingerprint density at radius 3 is 2.04 bits per heavy atom. The number of hydrogen-bond donors (Lipinski definition) is 0. The molecule has 148 valence electrons. The van der Waals surface area contributed by atoms with Gasteiger partial charge in [0.15, 0.2) is 5.52 Å². The molecule has 28 heavy (non-hydrogen) atoms. The predicted octanol–water partition coefficient (Wildman–Crippen LogP) is 4.99. The molecule has 2 aromatic rings. The summed E-state index contributed by atoms with van der Waals surface area (Å²) in [4.78, 5) is 13.1. The topological polar surface area (TPSA) is 35.5 Å². The molecule has 0 bridgehead atoms. The van der Waals surface area contributed by atoms with Crippen molar-refractivity contribution in [1.82, 2.24) is 0 Å². The molecular weight excluding hydrogens is 362 g/mol. The van der Waals surface area contributed by atoms with Crippen molar-refractivity contribution in [2.45, 2.75) is 67.6 Å². The van der Waals surface area contributed by atoms with Crippen LogP contribution in [-0.4, -0.2) is 36.6 Å². The van der Waals surface area contributed by atoms with E-state index < -0.39 is 0 Å². The zero-order valence-electron chi connectivity index (χ0n) is 17.7. The van der Waals surface area contributed by atoms with Crippen LogP contribution in [0.3, 0.4) is 0 Å². The third kappa shape index (κ3) is 6.12. The van der Waals surface area contributed by atoms with Gasteiger partial charge in [0.05, 0.1) is 12.2 Å². The summed E-state index contributed by atoms with van der Waals surface area (Å²) in [5, 5.41) is 0.918. The van der Waals surface area contributed by atoms with Crippen molar-refractivity contribution in [3.8, 4) is 11.5 Å². The van der Waals surface area contributed by atoms with Crippen LogP contribution < -0.4 is 14.8 Å². The minimum absolute atomic E-state index is 0. The molecule has 1 unspecified atom stereocenters. The molecular formula is C23H32LiO3P. The Labute approximate surface area is 183 Å². The first kappa shape index (κ1) is 24.8. The Hall–Kier alpha value is -1.26. The van der Waals surface area contributed by atoms with Gasteiger partial charge in [-0.25, -0.2) is 0 Å². The summed E-state index contributed by atoms with van der Waals surface area (Å²) in [6, 6.07) is 7.88. The van der Waals surface area contributed by atoms with E-state index in [1.165, 1.54) is 11.1 Å². The number of aryl methyl sites for hydroxylation is 2. The van der Waals surface area contributed by atoms with Gasteiger partial charge < -0.3 is 9.47 Å². The molecule has 0 aliphatic carbocycles. The van der Waals surface area contributed by atoms with Crippen LogP contribution >= 0.6 is 8.58 Å². The first-order chi connectivity index (χ1) is 12.6. The number of ether oxygens (including phenoxy) is 2. The maximum absolute atomic E-state index is 13.1. The molecule has 0 saturated heterocycles. The number of carbonyl (C=O) groups excluding carboxylic acids is 1. The van der Waals surface area contributed by atoms with Gasteiger partial charge in [-0.05, 0) is 98.4 Å². The predicted molar refractivity (Wildman–Crippen MR) is 123 cm³/mol. The van der Waals surface area contributed by atoms with Crippen molar-refractivity contribution in [3.63, 3.8) is 0 Å². The van der Waals surface area contributed by atoms with Crippen LogP contribution in [0.1, 0.15) is 60.3 Å². The Morgan fingerprint density at radius 1 is 0.857 bits per heavy atom. The monoisotopic (exact) mass is 394 g/mol. The summed E-state index contributed by atoms with van der Waals surface area (Å²) in [6.45, 7) is 16.2. The molecule has 0 aliphatic heterocycles. The van der Waals surface area contributed by atoms with Gasteiger partial charge in [0, 0.05) is 16.9 Å². The van der Waals surface area contributed by atoms with Crippen molar-refractivity contribution in [3.05, 3.63) is 52.1 Å². The number of benzene rings is 2. The molecule has 0 N–H and O–H groups in total. The van der Waals surface area contributed by atoms with Gasteiger partial charge in [-0.2, -0.15) is 0 Å². The van der Waals surface area contributed by atoms with Crippen LogP contribution in [0, 0.1) is 27.7 Å². The van der Waals surface area contributed by atoms with E-state index in [9.17, 15) is 4.79 Å². The van der Waals surface area contributed by atoms with Gasteiger partial charge in [0.1, 0.15) is 11.5 Å². The molecule has 2 rings (SSSR count). The maximum atomic E-state index is 13.1. The van der Waals surface area contributed by atoms with Crippen molar-refractivity contribution < 1.29 is 14.3 Å². The summed E-state index contributed by atoms with van der Waals surface area (Å²) >= 11 is 0. The van der Waals surface area contributed by atoms with Crippen LogP contribution in [0.25, 0.3) is 0 Å². The second kappa shape index (κ2) is 10.5. The fourth-order valence-electron chi connectivity index (χ4n) is 3.12. The molecule has 1 atom stereocenters. The van der Waals surface area contributed by atoms with E-state index >= 15 is 0 Å². The number of hydrogen-bond acceptors (Lipinski definition) is 3. The molecule has 0 saturated carbocycles. The van der Waals surface area contributed by atoms with Gasteiger partial charge in [-0.3, -0.25) is 4.79 Å². The summed E-state index contributed by atoms with van der Waals surface area (Å²) < 4.78 is 11.8. The van der Waals surface area contributed by atoms with E-state index in [1.54, 1.807) is 0 Å². The van der Waals surface area contributed by atoms with Gasteiger partial charge >= 0.3 is 18.9 Å². The molecule has 0 radical (unpaired) electrons. The van der Waals surface area contributed by atoms with Crippen molar-refractivity contribution in [2.75, 3.05) is 0 Å². The standard InChI is InChI=1S/C23H31O3P.Li.H/c1-13(2)25-19-9-10-21(20(12-19)26-14(3)4)27-23(24)22-16(6)11-15(5)17(7)18(22)8;;/h9-14,27H,1-8H3;;. The molecule has 5 heteroatoms. The minimum atomic E-state index is 0. The fourth-order valence-corrected chi connectivity index (χ4v) is 4.30. The summed E-state index contributed by atoms with van der Waals surface area (Å²) in [6.07, 6.45) is 0.121. The molecule has 3 nitrogen and oxygen atoms in total. The van der Waals surface area contributed by atoms with Gasteiger partial charge in [0.25, 0.3) is 0 Å². The van der Waals surface area contributed by atoms with E-state index in [4.69, 9.17) is 9.47 Å². The zero-order chi connectivity index (χ0) is 20.3. The second-order valence-electron chi connectivity index (χ2n) is 7.58. The number of rotatable bonds is 7. The van der Waals surface area contributed by atoms with E-state index in [-0.39, 0.29) is 45.2 Å². The van der Waals surface area contributed by atoms with Crippen molar-refractivity contribution in [2.24, 2.45) is 0 Å². The third-order valence-electron chi connectivity index (χ3n) is 4.52. The molecule has 0 aliphatic rings. The SMILES string of the molecule is Cc1cc(C)c(C(=O)Pc2ccc(OC(C)C)cc2OC(C)C)c(C)c1C.[LiH]. The van der Waals surface area contributed by atoms with Crippen molar-refractivity contribution >= 4 is 38.3 Å². The van der Waals surface area contributed by atoms with Crippen LogP contribution in [0.5, 0.6) is 11.5 Å². The Bertz CT molecular complexity index is 844. The molecule has 0 amide bonds. The second-order valence-corrected chi connectivity index (χ2v) is 8.82. The molecule has 0 spiro atoms. The van der Waals surface area contributed by atoms with Crippen LogP contribution in [0.2, 0.25) is 0 Å². The van der Waals surface area contributed by atoms with E-state index in [0.717, 1.165) is 33.5 Å². The van der Waals surface area contributed by atoms with Gasteiger partial charge in [-0.15, -0.1) is 0 Å². The summed E-state index contributed by atoms with van der Waals surface area (Å²) in [5.74, 6) is 1.49. The average molecular weight is 394 g/mol. The van der Waals surface area contributed by atoms with Crippen molar-refractivity contribution in [1.29, 1.82) is 0 Å². The summed E-state index contributed by atoms with van der Waals surface area (Å²) in [7, 11) is 0.0128. The average Bonchev–Trinajstić information content (AvgIpc) is 2.54. The Balaban J connectivity index is 0.00000392. The third-order valence-corrected chi connectivity index (χ3v) is 5.68. The molecule has 0 fully saturated rings. The van der Waals surface area contributed by atoms with Crippen LogP contribution in [0.4, 0.5) is 0 Å².